The van der Waals surface area contributed by atoms with Gasteiger partial charge < -0.3 is 4.55 Å². The Hall–Kier alpha value is -2.08. The van der Waals surface area contributed by atoms with Crippen LogP contribution in [0.3, 0.4) is 0 Å². The Balaban J connectivity index is 0.000000166. The summed E-state index contributed by atoms with van der Waals surface area (Å²) in [6.45, 7) is 0. The van der Waals surface area contributed by atoms with E-state index >= 15 is 0 Å². The molecule has 0 aromatic heterocycles. The van der Waals surface area contributed by atoms with E-state index in [4.69, 9.17) is 0 Å². The van der Waals surface area contributed by atoms with Crippen molar-refractivity contribution in [2.45, 2.75) is 46.8 Å². The highest BCUT2D eigenvalue weighted by molar-refractivity contribution is 7.97. The first-order valence-corrected chi connectivity index (χ1v) is 13.6. The zero-order valence-corrected chi connectivity index (χ0v) is 19.2. The van der Waals surface area contributed by atoms with Crippen LogP contribution >= 0.6 is 0 Å². The number of rotatable bonds is 5. The maximum absolute atomic E-state index is 10.6. The van der Waals surface area contributed by atoms with E-state index in [2.05, 4.69) is 91.0 Å². The van der Waals surface area contributed by atoms with E-state index in [1.807, 2.05) is 0 Å². The van der Waals surface area contributed by atoms with Crippen LogP contribution in [-0.2, 0) is 21.0 Å². The van der Waals surface area contributed by atoms with Crippen LogP contribution < -0.4 is 0 Å². The smallest absolute Gasteiger partial charge is 0.166 e. The summed E-state index contributed by atoms with van der Waals surface area (Å²) in [5.41, 5.74) is -0.106. The van der Waals surface area contributed by atoms with Crippen LogP contribution in [0, 0.1) is 11.3 Å². The molecule has 2 aliphatic rings. The Kier molecular flexibility index (Phi) is 6.85. The normalized spacial score (nSPS) is 22.2. The van der Waals surface area contributed by atoms with Crippen molar-refractivity contribution >= 4 is 21.0 Å². The van der Waals surface area contributed by atoms with Gasteiger partial charge in [-0.05, 0) is 79.8 Å². The molecule has 3 aromatic rings. The van der Waals surface area contributed by atoms with Gasteiger partial charge in [0.15, 0.2) is 14.7 Å². The molecular weight excluding hydrogens is 424 g/mol. The second-order valence-corrected chi connectivity index (χ2v) is 12.0. The van der Waals surface area contributed by atoms with E-state index in [1.165, 1.54) is 14.7 Å². The van der Waals surface area contributed by atoms with Gasteiger partial charge in [0.2, 0.25) is 0 Å². The zero-order valence-electron chi connectivity index (χ0n) is 17.5. The number of hydrogen-bond donors (Lipinski definition) is 0. The number of hydrogen-bond acceptors (Lipinski definition) is 3. The van der Waals surface area contributed by atoms with Crippen LogP contribution in [0.1, 0.15) is 32.1 Å². The van der Waals surface area contributed by atoms with Crippen molar-refractivity contribution in [2.75, 3.05) is 5.75 Å². The molecule has 2 fully saturated rings. The Morgan fingerprint density at radius 3 is 1.42 bits per heavy atom. The molecule has 3 aromatic carbocycles. The molecule has 0 amide bonds. The molecule has 2 saturated carbocycles. The van der Waals surface area contributed by atoms with E-state index in [0.29, 0.717) is 5.92 Å². The average molecular weight is 453 g/mol. The molecule has 5 heteroatoms. The third kappa shape index (κ3) is 5.79. The topological polar surface area (TPSA) is 57.2 Å². The second kappa shape index (κ2) is 9.60. The van der Waals surface area contributed by atoms with Crippen LogP contribution in [0.25, 0.3) is 0 Å². The molecule has 31 heavy (non-hydrogen) atoms. The van der Waals surface area contributed by atoms with Crippen LogP contribution in [0.4, 0.5) is 0 Å². The monoisotopic (exact) mass is 452 g/mol. The van der Waals surface area contributed by atoms with Crippen molar-refractivity contribution in [2.24, 2.45) is 11.3 Å². The fraction of sp³-hybridized carbons (Fsp3) is 0.308. The first-order chi connectivity index (χ1) is 14.9. The van der Waals surface area contributed by atoms with Crippen molar-refractivity contribution in [3.8, 4) is 0 Å². The summed E-state index contributed by atoms with van der Waals surface area (Å²) in [4.78, 5) is 4.08. The maximum Gasteiger partial charge on any atom is 0.166 e. The minimum Gasteiger partial charge on any atom is -0.748 e. The molecule has 0 radical (unpaired) electrons. The summed E-state index contributed by atoms with van der Waals surface area (Å²) in [5, 5.41) is 0. The molecular formula is C26H28O3S2. The van der Waals surface area contributed by atoms with Gasteiger partial charge in [0.25, 0.3) is 0 Å². The minimum atomic E-state index is -4.00. The molecule has 0 unspecified atom stereocenters. The fourth-order valence-electron chi connectivity index (χ4n) is 4.97. The number of fused-ring (bicyclic) bond motifs is 2. The molecule has 5 rings (SSSR count). The summed E-state index contributed by atoms with van der Waals surface area (Å²) >= 11 is 0. The highest BCUT2D eigenvalue weighted by Gasteiger charge is 2.45. The lowest BCUT2D eigenvalue weighted by atomic mass is 9.87. The third-order valence-electron chi connectivity index (χ3n) is 6.31. The molecule has 0 heterocycles. The van der Waals surface area contributed by atoms with Gasteiger partial charge in [-0.15, -0.1) is 0 Å². The van der Waals surface area contributed by atoms with Gasteiger partial charge in [-0.3, -0.25) is 0 Å². The standard InChI is InChI=1S/C18H15S.C8H14O3S/c1-4-10-16(11-5-1)19(17-12-6-2-7-13-17)18-14-8-3-9-15-18;9-12(10,11)6-8-3-1-7(5-8)2-4-8/h1-15H;7H,1-6H2,(H,9,10,11)/q+1;/p-1. The Bertz CT molecular complexity index is 966. The van der Waals surface area contributed by atoms with Crippen molar-refractivity contribution < 1.29 is 13.0 Å². The predicted octanol–water partition coefficient (Wildman–Crippen LogP) is 5.89. The minimum absolute atomic E-state index is 0.0146. The van der Waals surface area contributed by atoms with Gasteiger partial charge in [-0.25, -0.2) is 8.42 Å². The molecule has 0 atom stereocenters. The van der Waals surface area contributed by atoms with Gasteiger partial charge in [-0.1, -0.05) is 54.6 Å². The Morgan fingerprint density at radius 1 is 0.742 bits per heavy atom. The molecule has 0 N–H and O–H groups in total. The molecule has 162 valence electrons. The van der Waals surface area contributed by atoms with E-state index in [1.54, 1.807) is 0 Å². The molecule has 3 nitrogen and oxygen atoms in total. The largest absolute Gasteiger partial charge is 0.748 e. The van der Waals surface area contributed by atoms with E-state index in [-0.39, 0.29) is 22.1 Å². The van der Waals surface area contributed by atoms with Gasteiger partial charge in [0.1, 0.15) is 0 Å². The zero-order chi connectivity index (χ0) is 21.7. The summed E-state index contributed by atoms with van der Waals surface area (Å²) < 4.78 is 31.8. The summed E-state index contributed by atoms with van der Waals surface area (Å²) in [6, 6.07) is 32.2. The molecule has 0 aliphatic heterocycles. The van der Waals surface area contributed by atoms with Crippen LogP contribution in [0.15, 0.2) is 106 Å². The van der Waals surface area contributed by atoms with Crippen molar-refractivity contribution in [1.82, 2.24) is 0 Å². The first-order valence-electron chi connectivity index (χ1n) is 10.8. The van der Waals surface area contributed by atoms with Crippen molar-refractivity contribution in [3.05, 3.63) is 91.0 Å². The molecule has 2 bridgehead atoms. The molecule has 2 aliphatic carbocycles. The Labute approximate surface area is 188 Å². The first kappa shape index (κ1) is 22.1. The highest BCUT2D eigenvalue weighted by atomic mass is 32.2. The van der Waals surface area contributed by atoms with Crippen LogP contribution in [-0.4, -0.2) is 18.7 Å². The van der Waals surface area contributed by atoms with Gasteiger partial charge >= 0.3 is 0 Å². The lowest BCUT2D eigenvalue weighted by Crippen LogP contribution is -2.25. The average Bonchev–Trinajstić information content (AvgIpc) is 3.36. The number of benzene rings is 3. The van der Waals surface area contributed by atoms with Gasteiger partial charge in [0.05, 0.1) is 21.0 Å². The summed E-state index contributed by atoms with van der Waals surface area (Å²) in [6.07, 6.45) is 5.16. The second-order valence-electron chi connectivity index (χ2n) is 8.59. The van der Waals surface area contributed by atoms with Gasteiger partial charge in [-0.2, -0.15) is 0 Å². The van der Waals surface area contributed by atoms with E-state index < -0.39 is 10.1 Å². The quantitative estimate of drug-likeness (QED) is 0.358. The van der Waals surface area contributed by atoms with Crippen LogP contribution in [0.5, 0.6) is 0 Å². The summed E-state index contributed by atoms with van der Waals surface area (Å²) in [5.74, 6) is 0.600. The molecule has 0 saturated heterocycles. The maximum atomic E-state index is 10.6. The van der Waals surface area contributed by atoms with Crippen molar-refractivity contribution in [1.29, 1.82) is 0 Å². The molecule has 0 spiro atoms. The summed E-state index contributed by atoms with van der Waals surface area (Å²) in [7, 11) is -4.02. The van der Waals surface area contributed by atoms with Crippen LogP contribution in [0.2, 0.25) is 0 Å². The predicted molar refractivity (Wildman–Crippen MR) is 125 cm³/mol. The lowest BCUT2D eigenvalue weighted by molar-refractivity contribution is 0.321. The fourth-order valence-corrected chi connectivity index (χ4v) is 8.23. The third-order valence-corrected chi connectivity index (χ3v) is 9.50. The highest BCUT2D eigenvalue weighted by Crippen LogP contribution is 2.54. The lowest BCUT2D eigenvalue weighted by Gasteiger charge is -2.27. The van der Waals surface area contributed by atoms with E-state index in [0.717, 1.165) is 32.1 Å². The Morgan fingerprint density at radius 2 is 1.13 bits per heavy atom. The van der Waals surface area contributed by atoms with Crippen molar-refractivity contribution in [3.63, 3.8) is 0 Å². The van der Waals surface area contributed by atoms with Gasteiger partial charge in [0, 0.05) is 5.75 Å². The van der Waals surface area contributed by atoms with E-state index in [9.17, 15) is 13.0 Å². The SMILES string of the molecule is O=S(=O)([O-])CC12CCC(CC1)C2.c1ccc([S+](c2ccccc2)c2ccccc2)cc1.